The van der Waals surface area contributed by atoms with Crippen molar-refractivity contribution in [2.75, 3.05) is 26.8 Å². The summed E-state index contributed by atoms with van der Waals surface area (Å²) in [6, 6.07) is 5.61. The monoisotopic (exact) mass is 252 g/mol. The second kappa shape index (κ2) is 8.47. The highest BCUT2D eigenvalue weighted by atomic mass is 16.5. The predicted molar refractivity (Wildman–Crippen MR) is 68.6 cm³/mol. The van der Waals surface area contributed by atoms with Gasteiger partial charge in [-0.1, -0.05) is 6.07 Å². The molecule has 0 aliphatic carbocycles. The molecule has 1 saturated heterocycles. The van der Waals surface area contributed by atoms with Gasteiger partial charge in [0.1, 0.15) is 0 Å². The van der Waals surface area contributed by atoms with Crippen molar-refractivity contribution in [2.24, 2.45) is 0 Å². The zero-order valence-electron chi connectivity index (χ0n) is 10.7. The first kappa shape index (κ1) is 14.4. The van der Waals surface area contributed by atoms with Crippen LogP contribution in [0.1, 0.15) is 18.5 Å². The van der Waals surface area contributed by atoms with Crippen molar-refractivity contribution in [3.05, 3.63) is 30.1 Å². The van der Waals surface area contributed by atoms with Crippen molar-refractivity contribution in [1.29, 1.82) is 0 Å². The summed E-state index contributed by atoms with van der Waals surface area (Å²) in [6.45, 7) is 2.48. The van der Waals surface area contributed by atoms with Crippen LogP contribution in [-0.4, -0.2) is 47.9 Å². The molecular weight excluding hydrogens is 232 g/mol. The van der Waals surface area contributed by atoms with Crippen molar-refractivity contribution < 1.29 is 14.6 Å². The van der Waals surface area contributed by atoms with Gasteiger partial charge in [-0.05, 0) is 25.0 Å². The molecule has 1 aromatic rings. The van der Waals surface area contributed by atoms with Gasteiger partial charge in [-0.3, -0.25) is 4.98 Å². The summed E-state index contributed by atoms with van der Waals surface area (Å²) in [7, 11) is 1.55. The fraction of sp³-hybridized carbons (Fsp3) is 0.538. The molecule has 5 heteroatoms. The largest absolute Gasteiger partial charge is 0.465 e. The molecule has 18 heavy (non-hydrogen) atoms. The molecule has 1 fully saturated rings. The molecule has 0 radical (unpaired) electrons. The lowest BCUT2D eigenvalue weighted by molar-refractivity contribution is 0.156. The lowest BCUT2D eigenvalue weighted by Gasteiger charge is -2.11. The minimum absolute atomic E-state index is 0.479. The number of amides is 1. The van der Waals surface area contributed by atoms with E-state index in [1.165, 1.54) is 17.7 Å². The van der Waals surface area contributed by atoms with Crippen molar-refractivity contribution in [3.63, 3.8) is 0 Å². The van der Waals surface area contributed by atoms with E-state index in [9.17, 15) is 4.79 Å². The lowest BCUT2D eigenvalue weighted by Crippen LogP contribution is -2.27. The molecule has 100 valence electrons. The van der Waals surface area contributed by atoms with Crippen LogP contribution < -0.4 is 0 Å². The van der Waals surface area contributed by atoms with E-state index in [1.807, 2.05) is 18.2 Å². The Bertz CT molecular complexity index is 332. The van der Waals surface area contributed by atoms with E-state index >= 15 is 0 Å². The standard InChI is InChI=1S/C9H12N2O2.C4H8O/c1-11(9(12)13)7-5-8-4-2-3-6-10-8;1-2-4-5-3-1/h2-4,6H,5,7H2,1H3,(H,12,13);1-4H2. The average molecular weight is 252 g/mol. The number of carboxylic acid groups (broad SMARTS) is 1. The van der Waals surface area contributed by atoms with Crippen LogP contribution in [0.25, 0.3) is 0 Å². The van der Waals surface area contributed by atoms with E-state index < -0.39 is 6.09 Å². The first-order valence-corrected chi connectivity index (χ1v) is 6.12. The molecule has 2 rings (SSSR count). The Hall–Kier alpha value is -1.62. The highest BCUT2D eigenvalue weighted by Gasteiger charge is 2.04. The molecule has 2 heterocycles. The molecule has 0 unspecified atom stereocenters. The molecule has 1 N–H and O–H groups in total. The van der Waals surface area contributed by atoms with Crippen LogP contribution in [0, 0.1) is 0 Å². The molecule has 1 aromatic heterocycles. The molecule has 1 aliphatic heterocycles. The second-order valence-electron chi connectivity index (χ2n) is 4.09. The minimum Gasteiger partial charge on any atom is -0.465 e. The first-order valence-electron chi connectivity index (χ1n) is 6.12. The quantitative estimate of drug-likeness (QED) is 0.894. The lowest BCUT2D eigenvalue weighted by atomic mass is 10.2. The van der Waals surface area contributed by atoms with Gasteiger partial charge in [0.15, 0.2) is 0 Å². The van der Waals surface area contributed by atoms with Crippen LogP contribution in [-0.2, 0) is 11.2 Å². The topological polar surface area (TPSA) is 62.7 Å². The molecule has 5 nitrogen and oxygen atoms in total. The van der Waals surface area contributed by atoms with Crippen LogP contribution in [0.5, 0.6) is 0 Å². The summed E-state index contributed by atoms with van der Waals surface area (Å²) < 4.78 is 4.94. The molecule has 0 spiro atoms. The number of likely N-dealkylation sites (N-methyl/N-ethyl adjacent to an activating group) is 1. The summed E-state index contributed by atoms with van der Waals surface area (Å²) in [4.78, 5) is 15.8. The predicted octanol–water partition coefficient (Wildman–Crippen LogP) is 2.03. The Morgan fingerprint density at radius 3 is 2.61 bits per heavy atom. The molecule has 0 aromatic carbocycles. The number of hydrogen-bond donors (Lipinski definition) is 1. The smallest absolute Gasteiger partial charge is 0.407 e. The van der Waals surface area contributed by atoms with Crippen LogP contribution >= 0.6 is 0 Å². The number of nitrogens with zero attached hydrogens (tertiary/aromatic N) is 2. The van der Waals surface area contributed by atoms with Gasteiger partial charge >= 0.3 is 6.09 Å². The third-order valence-corrected chi connectivity index (χ3v) is 2.58. The summed E-state index contributed by atoms with van der Waals surface area (Å²) in [5.41, 5.74) is 0.913. The Labute approximate surface area is 107 Å². The van der Waals surface area contributed by atoms with Crippen LogP contribution in [0.4, 0.5) is 4.79 Å². The summed E-state index contributed by atoms with van der Waals surface area (Å²) in [5, 5.41) is 8.57. The van der Waals surface area contributed by atoms with Crippen LogP contribution in [0.15, 0.2) is 24.4 Å². The van der Waals surface area contributed by atoms with Gasteiger partial charge in [-0.2, -0.15) is 0 Å². The zero-order valence-corrected chi connectivity index (χ0v) is 10.7. The SMILES string of the molecule is C1CCOC1.CN(CCc1ccccn1)C(=O)O. The van der Waals surface area contributed by atoms with Crippen molar-refractivity contribution >= 4 is 6.09 Å². The number of rotatable bonds is 3. The fourth-order valence-electron chi connectivity index (χ4n) is 1.43. The van der Waals surface area contributed by atoms with Crippen molar-refractivity contribution in [3.8, 4) is 0 Å². The number of hydrogen-bond acceptors (Lipinski definition) is 3. The maximum atomic E-state index is 10.4. The van der Waals surface area contributed by atoms with Gasteiger partial charge in [-0.25, -0.2) is 4.79 Å². The fourth-order valence-corrected chi connectivity index (χ4v) is 1.43. The number of ether oxygens (including phenoxy) is 1. The number of carbonyl (C=O) groups is 1. The maximum absolute atomic E-state index is 10.4. The Balaban J connectivity index is 0.000000269. The first-order chi connectivity index (χ1) is 8.70. The van der Waals surface area contributed by atoms with Gasteiger partial charge in [0.2, 0.25) is 0 Å². The van der Waals surface area contributed by atoms with Crippen molar-refractivity contribution in [2.45, 2.75) is 19.3 Å². The second-order valence-corrected chi connectivity index (χ2v) is 4.09. The molecule has 0 saturated carbocycles. The zero-order chi connectivity index (χ0) is 13.2. The summed E-state index contributed by atoms with van der Waals surface area (Å²) in [5.74, 6) is 0. The third kappa shape index (κ3) is 6.20. The van der Waals surface area contributed by atoms with E-state index in [0.717, 1.165) is 18.9 Å². The molecule has 0 bridgehead atoms. The third-order valence-electron chi connectivity index (χ3n) is 2.58. The normalized spacial score (nSPS) is 13.6. The summed E-state index contributed by atoms with van der Waals surface area (Å²) >= 11 is 0. The molecular formula is C13H20N2O3. The van der Waals surface area contributed by atoms with Gasteiger partial charge in [0.25, 0.3) is 0 Å². The van der Waals surface area contributed by atoms with E-state index in [1.54, 1.807) is 13.2 Å². The van der Waals surface area contributed by atoms with E-state index in [2.05, 4.69) is 4.98 Å². The molecule has 0 atom stereocenters. The van der Waals surface area contributed by atoms with E-state index in [-0.39, 0.29) is 0 Å². The molecule has 1 amide bonds. The Morgan fingerprint density at radius 1 is 1.44 bits per heavy atom. The molecule has 1 aliphatic rings. The van der Waals surface area contributed by atoms with Gasteiger partial charge in [0.05, 0.1) is 0 Å². The number of aromatic nitrogens is 1. The van der Waals surface area contributed by atoms with Gasteiger partial charge in [-0.15, -0.1) is 0 Å². The Morgan fingerprint density at radius 2 is 2.17 bits per heavy atom. The highest BCUT2D eigenvalue weighted by molar-refractivity contribution is 5.64. The van der Waals surface area contributed by atoms with E-state index in [4.69, 9.17) is 9.84 Å². The Kier molecular flexibility index (Phi) is 6.79. The summed E-state index contributed by atoms with van der Waals surface area (Å²) in [6.07, 6.45) is 4.01. The highest BCUT2D eigenvalue weighted by Crippen LogP contribution is 1.98. The van der Waals surface area contributed by atoms with Gasteiger partial charge < -0.3 is 14.7 Å². The van der Waals surface area contributed by atoms with E-state index in [0.29, 0.717) is 13.0 Å². The maximum Gasteiger partial charge on any atom is 0.407 e. The van der Waals surface area contributed by atoms with Gasteiger partial charge in [0, 0.05) is 45.1 Å². The minimum atomic E-state index is -0.907. The van der Waals surface area contributed by atoms with Crippen LogP contribution in [0.2, 0.25) is 0 Å². The van der Waals surface area contributed by atoms with Crippen LogP contribution in [0.3, 0.4) is 0 Å². The number of pyridine rings is 1. The average Bonchev–Trinajstić information content (AvgIpc) is 2.96. The van der Waals surface area contributed by atoms with Crippen molar-refractivity contribution in [1.82, 2.24) is 9.88 Å².